The average molecular weight is 396 g/mol. The Balaban J connectivity index is 2.17. The SMILES string of the molecule is O=C(O)COc1ccc([N+](=O)[O-])cc1C=NN=C1NC(=O)C(CC(=O)O)S1. The van der Waals surface area contributed by atoms with Gasteiger partial charge in [0, 0.05) is 17.7 Å². The number of benzene rings is 1. The first kappa shape index (κ1) is 19.8. The van der Waals surface area contributed by atoms with E-state index in [4.69, 9.17) is 14.9 Å². The highest BCUT2D eigenvalue weighted by molar-refractivity contribution is 8.15. The molecule has 2 rings (SSSR count). The van der Waals surface area contributed by atoms with Gasteiger partial charge in [-0.3, -0.25) is 19.7 Å². The van der Waals surface area contributed by atoms with Crippen LogP contribution in [0.5, 0.6) is 5.75 Å². The molecule has 0 saturated carbocycles. The zero-order chi connectivity index (χ0) is 20.0. The molecule has 3 N–H and O–H groups in total. The molecule has 12 nitrogen and oxygen atoms in total. The first-order valence-electron chi connectivity index (χ1n) is 7.19. The second kappa shape index (κ2) is 8.75. The molecular formula is C14H12N4O8S. The lowest BCUT2D eigenvalue weighted by Gasteiger charge is -2.06. The van der Waals surface area contributed by atoms with Gasteiger partial charge in [-0.05, 0) is 6.07 Å². The highest BCUT2D eigenvalue weighted by Crippen LogP contribution is 2.24. The molecule has 1 fully saturated rings. The van der Waals surface area contributed by atoms with Gasteiger partial charge < -0.3 is 20.3 Å². The van der Waals surface area contributed by atoms with E-state index in [1.807, 2.05) is 0 Å². The number of amides is 1. The lowest BCUT2D eigenvalue weighted by Crippen LogP contribution is -2.26. The molecule has 0 spiro atoms. The molecule has 13 heteroatoms. The molecule has 0 radical (unpaired) electrons. The fourth-order valence-corrected chi connectivity index (χ4v) is 2.83. The van der Waals surface area contributed by atoms with Crippen molar-refractivity contribution < 1.29 is 34.3 Å². The van der Waals surface area contributed by atoms with Crippen LogP contribution in [0.25, 0.3) is 0 Å². The third-order valence-corrected chi connectivity index (χ3v) is 4.11. The van der Waals surface area contributed by atoms with E-state index in [1.165, 1.54) is 6.07 Å². The number of carboxylic acids is 2. The molecule has 1 aromatic rings. The van der Waals surface area contributed by atoms with Crippen LogP contribution in [-0.2, 0) is 14.4 Å². The zero-order valence-corrected chi connectivity index (χ0v) is 14.2. The van der Waals surface area contributed by atoms with Gasteiger partial charge in [-0.15, -0.1) is 5.10 Å². The monoisotopic (exact) mass is 396 g/mol. The summed E-state index contributed by atoms with van der Waals surface area (Å²) in [5, 5.41) is 37.3. The number of nitrogens with zero attached hydrogens (tertiary/aromatic N) is 3. The first-order chi connectivity index (χ1) is 12.8. The van der Waals surface area contributed by atoms with Gasteiger partial charge in [0.1, 0.15) is 11.0 Å². The van der Waals surface area contributed by atoms with E-state index in [1.54, 1.807) is 0 Å². The number of thioether (sulfide) groups is 1. The minimum Gasteiger partial charge on any atom is -0.481 e. The van der Waals surface area contributed by atoms with E-state index >= 15 is 0 Å². The molecule has 0 aromatic heterocycles. The van der Waals surface area contributed by atoms with Gasteiger partial charge in [0.05, 0.1) is 17.6 Å². The maximum Gasteiger partial charge on any atom is 0.341 e. The van der Waals surface area contributed by atoms with E-state index in [9.17, 15) is 24.5 Å². The predicted molar refractivity (Wildman–Crippen MR) is 93.0 cm³/mol. The fraction of sp³-hybridized carbons (Fsp3) is 0.214. The Kier molecular flexibility index (Phi) is 6.43. The zero-order valence-electron chi connectivity index (χ0n) is 13.4. The molecule has 1 aliphatic heterocycles. The molecule has 1 saturated heterocycles. The van der Waals surface area contributed by atoms with Crippen molar-refractivity contribution in [1.82, 2.24) is 5.32 Å². The Bertz CT molecular complexity index is 854. The number of aliphatic carboxylic acids is 2. The number of rotatable bonds is 8. The minimum atomic E-state index is -1.23. The van der Waals surface area contributed by atoms with Crippen LogP contribution in [0.15, 0.2) is 28.4 Å². The van der Waals surface area contributed by atoms with Crippen LogP contribution in [0.3, 0.4) is 0 Å². The van der Waals surface area contributed by atoms with Crippen molar-refractivity contribution in [2.75, 3.05) is 6.61 Å². The lowest BCUT2D eigenvalue weighted by molar-refractivity contribution is -0.384. The Morgan fingerprint density at radius 2 is 2.11 bits per heavy atom. The van der Waals surface area contributed by atoms with Gasteiger partial charge in [0.25, 0.3) is 5.69 Å². The molecule has 1 aliphatic rings. The molecule has 1 heterocycles. The molecule has 1 aromatic carbocycles. The van der Waals surface area contributed by atoms with Crippen LogP contribution in [-0.4, -0.2) is 56.2 Å². The summed E-state index contributed by atoms with van der Waals surface area (Å²) in [6.07, 6.45) is 0.714. The quantitative estimate of drug-likeness (QED) is 0.319. The van der Waals surface area contributed by atoms with Gasteiger partial charge >= 0.3 is 11.9 Å². The third kappa shape index (κ3) is 5.78. The number of carbonyl (C=O) groups excluding carboxylic acids is 1. The van der Waals surface area contributed by atoms with Crippen molar-refractivity contribution in [2.24, 2.45) is 10.2 Å². The van der Waals surface area contributed by atoms with Crippen LogP contribution < -0.4 is 10.1 Å². The van der Waals surface area contributed by atoms with Crippen molar-refractivity contribution in [3.05, 3.63) is 33.9 Å². The van der Waals surface area contributed by atoms with E-state index in [2.05, 4.69) is 15.5 Å². The number of hydrogen-bond donors (Lipinski definition) is 3. The van der Waals surface area contributed by atoms with Crippen LogP contribution in [0.4, 0.5) is 5.69 Å². The summed E-state index contributed by atoms with van der Waals surface area (Å²) >= 11 is 0.886. The van der Waals surface area contributed by atoms with Crippen molar-refractivity contribution in [3.8, 4) is 5.75 Å². The normalized spacial score (nSPS) is 17.9. The highest BCUT2D eigenvalue weighted by Gasteiger charge is 2.32. The van der Waals surface area contributed by atoms with Crippen LogP contribution in [0.2, 0.25) is 0 Å². The summed E-state index contributed by atoms with van der Waals surface area (Å²) in [5.41, 5.74) is -0.164. The molecule has 1 amide bonds. The second-order valence-electron chi connectivity index (χ2n) is 5.00. The predicted octanol–water partition coefficient (Wildman–Crippen LogP) is 0.454. The fourth-order valence-electron chi connectivity index (χ4n) is 1.91. The maximum absolute atomic E-state index is 11.6. The van der Waals surface area contributed by atoms with E-state index < -0.39 is 34.6 Å². The number of carbonyl (C=O) groups is 3. The largest absolute Gasteiger partial charge is 0.481 e. The number of non-ortho nitro benzene ring substituents is 1. The van der Waals surface area contributed by atoms with E-state index in [0.717, 1.165) is 30.1 Å². The number of carboxylic acid groups (broad SMARTS) is 2. The number of nitrogens with one attached hydrogen (secondary N) is 1. The van der Waals surface area contributed by atoms with Gasteiger partial charge in [0.15, 0.2) is 11.8 Å². The number of nitro groups is 1. The minimum absolute atomic E-state index is 0.0406. The highest BCUT2D eigenvalue weighted by atomic mass is 32.2. The summed E-state index contributed by atoms with van der Waals surface area (Å²) in [5.74, 6) is -2.84. The molecular weight excluding hydrogens is 384 g/mol. The summed E-state index contributed by atoms with van der Waals surface area (Å²) in [4.78, 5) is 43.1. The van der Waals surface area contributed by atoms with Crippen molar-refractivity contribution in [3.63, 3.8) is 0 Å². The summed E-state index contributed by atoms with van der Waals surface area (Å²) in [6.45, 7) is -0.657. The van der Waals surface area contributed by atoms with Gasteiger partial charge in [-0.25, -0.2) is 4.79 Å². The van der Waals surface area contributed by atoms with E-state index in [0.29, 0.717) is 0 Å². The summed E-state index contributed by atoms with van der Waals surface area (Å²) < 4.78 is 5.03. The number of amidine groups is 1. The molecule has 1 unspecified atom stereocenters. The number of hydrogen-bond acceptors (Lipinski definition) is 9. The smallest absolute Gasteiger partial charge is 0.341 e. The van der Waals surface area contributed by atoms with Crippen LogP contribution >= 0.6 is 11.8 Å². The third-order valence-electron chi connectivity index (χ3n) is 3.04. The Hall–Kier alpha value is -3.48. The topological polar surface area (TPSA) is 181 Å². The van der Waals surface area contributed by atoms with Gasteiger partial charge in [-0.2, -0.15) is 5.10 Å². The number of nitro benzene ring substituents is 1. The van der Waals surface area contributed by atoms with Crippen molar-refractivity contribution in [2.45, 2.75) is 11.7 Å². The Labute approximate surface area is 155 Å². The first-order valence-corrected chi connectivity index (χ1v) is 8.07. The Morgan fingerprint density at radius 1 is 1.37 bits per heavy atom. The van der Waals surface area contributed by atoms with Gasteiger partial charge in [0.2, 0.25) is 5.91 Å². The summed E-state index contributed by atoms with van der Waals surface area (Å²) in [7, 11) is 0. The standard InChI is InChI=1S/C14H12N4O8S/c19-11(20)4-10-13(23)16-14(27-10)17-15-5-7-3-8(18(24)25)1-2-9(7)26-6-12(21)22/h1-3,5,10H,4,6H2,(H,19,20)(H,21,22)(H,16,17,23). The summed E-state index contributed by atoms with van der Waals surface area (Å²) in [6, 6.07) is 3.49. The van der Waals surface area contributed by atoms with Crippen molar-refractivity contribution in [1.29, 1.82) is 0 Å². The van der Waals surface area contributed by atoms with Gasteiger partial charge in [-0.1, -0.05) is 11.8 Å². The molecule has 0 aliphatic carbocycles. The maximum atomic E-state index is 11.6. The molecule has 0 bridgehead atoms. The second-order valence-corrected chi connectivity index (χ2v) is 6.20. The van der Waals surface area contributed by atoms with Crippen molar-refractivity contribution >= 4 is 46.7 Å². The molecule has 27 heavy (non-hydrogen) atoms. The average Bonchev–Trinajstić information content (AvgIpc) is 2.92. The lowest BCUT2D eigenvalue weighted by atomic mass is 10.2. The van der Waals surface area contributed by atoms with E-state index in [-0.39, 0.29) is 28.6 Å². The van der Waals surface area contributed by atoms with Crippen LogP contribution in [0, 0.1) is 10.1 Å². The molecule has 1 atom stereocenters. The van der Waals surface area contributed by atoms with Crippen LogP contribution in [0.1, 0.15) is 12.0 Å². The number of ether oxygens (including phenoxy) is 1. The Morgan fingerprint density at radius 3 is 2.74 bits per heavy atom. The molecule has 142 valence electrons.